The van der Waals surface area contributed by atoms with Gasteiger partial charge in [0.1, 0.15) is 0 Å². The van der Waals surface area contributed by atoms with Gasteiger partial charge in [0.2, 0.25) is 0 Å². The summed E-state index contributed by atoms with van der Waals surface area (Å²) < 4.78 is 1.70. The van der Waals surface area contributed by atoms with E-state index in [1.807, 2.05) is 7.05 Å². The summed E-state index contributed by atoms with van der Waals surface area (Å²) in [6.07, 6.45) is 1.70. The summed E-state index contributed by atoms with van der Waals surface area (Å²) in [5, 5.41) is 19.0. The molecular weight excluding hydrogens is 144 g/mol. The van der Waals surface area contributed by atoms with Gasteiger partial charge < -0.3 is 10.4 Å². The summed E-state index contributed by atoms with van der Waals surface area (Å²) in [5.74, 6) is 0. The van der Waals surface area contributed by atoms with Gasteiger partial charge in [-0.2, -0.15) is 0 Å². The van der Waals surface area contributed by atoms with E-state index in [1.165, 1.54) is 0 Å². The Labute approximate surface area is 65.0 Å². The van der Waals surface area contributed by atoms with E-state index >= 15 is 0 Å². The van der Waals surface area contributed by atoms with E-state index in [-0.39, 0.29) is 6.61 Å². The van der Waals surface area contributed by atoms with E-state index in [2.05, 4.69) is 15.6 Å². The van der Waals surface area contributed by atoms with Gasteiger partial charge >= 0.3 is 0 Å². The molecule has 0 aliphatic carbocycles. The van der Waals surface area contributed by atoms with Crippen LogP contribution in [-0.2, 0) is 13.6 Å². The number of nitrogens with one attached hydrogen (secondary N) is 1. The molecular formula is C6H12N4O. The zero-order valence-electron chi connectivity index (χ0n) is 6.49. The normalized spacial score (nSPS) is 10.4. The first-order chi connectivity index (χ1) is 5.34. The Kier molecular flexibility index (Phi) is 3.00. The molecule has 0 spiro atoms. The maximum absolute atomic E-state index is 8.46. The molecule has 0 amide bonds. The molecule has 0 saturated carbocycles. The molecule has 1 aromatic heterocycles. The molecule has 0 fully saturated rings. The van der Waals surface area contributed by atoms with E-state index in [0.717, 1.165) is 5.69 Å². The highest BCUT2D eigenvalue weighted by atomic mass is 16.3. The van der Waals surface area contributed by atoms with Crippen LogP contribution >= 0.6 is 0 Å². The van der Waals surface area contributed by atoms with Crippen LogP contribution in [0.2, 0.25) is 0 Å². The predicted molar refractivity (Wildman–Crippen MR) is 39.8 cm³/mol. The van der Waals surface area contributed by atoms with Crippen LogP contribution in [0.25, 0.3) is 0 Å². The van der Waals surface area contributed by atoms with Gasteiger partial charge in [0, 0.05) is 20.1 Å². The van der Waals surface area contributed by atoms with E-state index in [0.29, 0.717) is 13.1 Å². The second-order valence-electron chi connectivity index (χ2n) is 2.25. The van der Waals surface area contributed by atoms with Crippen LogP contribution in [0.15, 0.2) is 6.20 Å². The fourth-order valence-corrected chi connectivity index (χ4v) is 0.766. The standard InChI is InChI=1S/C6H12N4O/c1-10-6(5-8-9-10)4-7-2-3-11/h5,7,11H,2-4H2,1H3. The lowest BCUT2D eigenvalue weighted by Crippen LogP contribution is -2.19. The van der Waals surface area contributed by atoms with Crippen LogP contribution < -0.4 is 5.32 Å². The van der Waals surface area contributed by atoms with Gasteiger partial charge in [0.05, 0.1) is 18.5 Å². The largest absolute Gasteiger partial charge is 0.395 e. The summed E-state index contributed by atoms with van der Waals surface area (Å²) in [7, 11) is 1.84. The van der Waals surface area contributed by atoms with Crippen molar-refractivity contribution in [1.29, 1.82) is 0 Å². The molecule has 2 N–H and O–H groups in total. The first-order valence-corrected chi connectivity index (χ1v) is 3.49. The lowest BCUT2D eigenvalue weighted by atomic mass is 10.4. The van der Waals surface area contributed by atoms with Crippen molar-refractivity contribution in [2.45, 2.75) is 6.54 Å². The summed E-state index contributed by atoms with van der Waals surface area (Å²) in [5.41, 5.74) is 1.01. The Morgan fingerprint density at radius 2 is 2.55 bits per heavy atom. The lowest BCUT2D eigenvalue weighted by molar-refractivity contribution is 0.291. The minimum absolute atomic E-state index is 0.158. The average molecular weight is 156 g/mol. The molecule has 1 heterocycles. The number of hydrogen-bond donors (Lipinski definition) is 2. The molecule has 0 aliphatic rings. The van der Waals surface area contributed by atoms with Crippen LogP contribution in [-0.4, -0.2) is 33.3 Å². The van der Waals surface area contributed by atoms with Crippen LogP contribution in [0, 0.1) is 0 Å². The molecule has 62 valence electrons. The van der Waals surface area contributed by atoms with Crippen molar-refractivity contribution in [3.8, 4) is 0 Å². The molecule has 0 radical (unpaired) electrons. The third-order valence-electron chi connectivity index (χ3n) is 1.40. The van der Waals surface area contributed by atoms with Crippen LogP contribution in [0.1, 0.15) is 5.69 Å². The number of nitrogens with zero attached hydrogens (tertiary/aromatic N) is 3. The average Bonchev–Trinajstić information content (AvgIpc) is 2.37. The number of aromatic nitrogens is 3. The predicted octanol–water partition coefficient (Wildman–Crippen LogP) is -1.10. The second-order valence-corrected chi connectivity index (χ2v) is 2.25. The molecule has 0 bridgehead atoms. The van der Waals surface area contributed by atoms with E-state index in [9.17, 15) is 0 Å². The molecule has 0 unspecified atom stereocenters. The minimum atomic E-state index is 0.158. The number of hydrogen-bond acceptors (Lipinski definition) is 4. The molecule has 5 heteroatoms. The molecule has 0 aromatic carbocycles. The van der Waals surface area contributed by atoms with E-state index in [4.69, 9.17) is 5.11 Å². The maximum Gasteiger partial charge on any atom is 0.0738 e. The van der Waals surface area contributed by atoms with E-state index < -0.39 is 0 Å². The molecule has 5 nitrogen and oxygen atoms in total. The van der Waals surface area contributed by atoms with Crippen molar-refractivity contribution in [1.82, 2.24) is 20.3 Å². The van der Waals surface area contributed by atoms with Gasteiger partial charge in [-0.1, -0.05) is 5.21 Å². The number of aryl methyl sites for hydroxylation is 1. The van der Waals surface area contributed by atoms with Crippen molar-refractivity contribution in [3.05, 3.63) is 11.9 Å². The monoisotopic (exact) mass is 156 g/mol. The summed E-state index contributed by atoms with van der Waals surface area (Å²) in [4.78, 5) is 0. The highest BCUT2D eigenvalue weighted by Crippen LogP contribution is 1.90. The smallest absolute Gasteiger partial charge is 0.0738 e. The number of aliphatic hydroxyl groups is 1. The van der Waals surface area contributed by atoms with Gasteiger partial charge in [0.25, 0.3) is 0 Å². The Morgan fingerprint density at radius 1 is 1.73 bits per heavy atom. The van der Waals surface area contributed by atoms with Crippen molar-refractivity contribution >= 4 is 0 Å². The highest BCUT2D eigenvalue weighted by Gasteiger charge is 1.96. The first-order valence-electron chi connectivity index (χ1n) is 3.49. The molecule has 1 aromatic rings. The molecule has 0 saturated heterocycles. The van der Waals surface area contributed by atoms with Crippen LogP contribution in [0.3, 0.4) is 0 Å². The molecule has 11 heavy (non-hydrogen) atoms. The third-order valence-corrected chi connectivity index (χ3v) is 1.40. The zero-order valence-corrected chi connectivity index (χ0v) is 6.49. The van der Waals surface area contributed by atoms with E-state index in [1.54, 1.807) is 10.9 Å². The van der Waals surface area contributed by atoms with Crippen LogP contribution in [0.5, 0.6) is 0 Å². The van der Waals surface area contributed by atoms with Gasteiger partial charge in [-0.05, 0) is 0 Å². The highest BCUT2D eigenvalue weighted by molar-refractivity contribution is 4.91. The quantitative estimate of drug-likeness (QED) is 0.543. The van der Waals surface area contributed by atoms with Gasteiger partial charge in [-0.25, -0.2) is 0 Å². The number of rotatable bonds is 4. The SMILES string of the molecule is Cn1nncc1CNCCO. The Bertz CT molecular complexity index is 210. The number of aliphatic hydroxyl groups excluding tert-OH is 1. The lowest BCUT2D eigenvalue weighted by Gasteiger charge is -2.00. The summed E-state index contributed by atoms with van der Waals surface area (Å²) in [6, 6.07) is 0. The third kappa shape index (κ3) is 2.28. The minimum Gasteiger partial charge on any atom is -0.395 e. The Balaban J connectivity index is 2.32. The van der Waals surface area contributed by atoms with Crippen molar-refractivity contribution in [3.63, 3.8) is 0 Å². The van der Waals surface area contributed by atoms with Crippen molar-refractivity contribution in [2.75, 3.05) is 13.2 Å². The summed E-state index contributed by atoms with van der Waals surface area (Å²) in [6.45, 7) is 1.46. The van der Waals surface area contributed by atoms with Crippen LogP contribution in [0.4, 0.5) is 0 Å². The molecule has 0 aliphatic heterocycles. The zero-order chi connectivity index (χ0) is 8.10. The summed E-state index contributed by atoms with van der Waals surface area (Å²) >= 11 is 0. The molecule has 1 rings (SSSR count). The van der Waals surface area contributed by atoms with Crippen molar-refractivity contribution in [2.24, 2.45) is 7.05 Å². The van der Waals surface area contributed by atoms with Gasteiger partial charge in [-0.3, -0.25) is 4.68 Å². The van der Waals surface area contributed by atoms with Gasteiger partial charge in [-0.15, -0.1) is 5.10 Å². The van der Waals surface area contributed by atoms with Crippen molar-refractivity contribution < 1.29 is 5.11 Å². The Hall–Kier alpha value is -0.940. The fourth-order valence-electron chi connectivity index (χ4n) is 0.766. The van der Waals surface area contributed by atoms with Gasteiger partial charge in [0.15, 0.2) is 0 Å². The maximum atomic E-state index is 8.46. The molecule has 0 atom stereocenters. The topological polar surface area (TPSA) is 63.0 Å². The fraction of sp³-hybridized carbons (Fsp3) is 0.667. The Morgan fingerprint density at radius 3 is 3.09 bits per heavy atom. The first kappa shape index (κ1) is 8.16. The second kappa shape index (κ2) is 4.05.